The Morgan fingerprint density at radius 1 is 1.33 bits per heavy atom. The van der Waals surface area contributed by atoms with E-state index in [0.29, 0.717) is 10.6 Å². The molecule has 0 saturated heterocycles. The molecule has 4 nitrogen and oxygen atoms in total. The van der Waals surface area contributed by atoms with Crippen LogP contribution in [0.5, 0.6) is 0 Å². The predicted octanol–water partition coefficient (Wildman–Crippen LogP) is 1.36. The van der Waals surface area contributed by atoms with Crippen LogP contribution in [0.2, 0.25) is 0 Å². The zero-order valence-corrected chi connectivity index (χ0v) is 8.40. The minimum atomic E-state index is -1.33. The van der Waals surface area contributed by atoms with E-state index in [4.69, 9.17) is 5.11 Å². The number of rotatable bonds is 2. The molecule has 1 heterocycles. The lowest BCUT2D eigenvalue weighted by Gasteiger charge is -2.03. The first kappa shape index (κ1) is 9.79. The number of benzene rings is 1. The molecule has 1 atom stereocenters. The van der Waals surface area contributed by atoms with E-state index in [0.717, 1.165) is 0 Å². The second-order valence-electron chi connectivity index (χ2n) is 2.87. The number of carboxylic acids is 1. The van der Waals surface area contributed by atoms with Gasteiger partial charge in [0, 0.05) is 17.2 Å². The minimum Gasteiger partial charge on any atom is -0.478 e. The van der Waals surface area contributed by atoms with Crippen LogP contribution in [-0.4, -0.2) is 20.3 Å². The third-order valence-electron chi connectivity index (χ3n) is 1.95. The average Bonchev–Trinajstić information content (AvgIpc) is 2.64. The van der Waals surface area contributed by atoms with Crippen LogP contribution in [0.4, 0.5) is 0 Å². The summed E-state index contributed by atoms with van der Waals surface area (Å²) in [4.78, 5) is 14.8. The molecule has 1 aromatic rings. The second kappa shape index (κ2) is 3.78. The molecule has 1 aromatic carbocycles. The van der Waals surface area contributed by atoms with Crippen molar-refractivity contribution in [2.24, 2.45) is 4.99 Å². The van der Waals surface area contributed by atoms with Crippen LogP contribution >= 0.6 is 0 Å². The molecule has 0 aliphatic carbocycles. The van der Waals surface area contributed by atoms with E-state index in [9.17, 15) is 9.00 Å². The molecule has 1 aliphatic rings. The summed E-state index contributed by atoms with van der Waals surface area (Å²) in [5, 5.41) is 10.7. The predicted molar refractivity (Wildman–Crippen MR) is 57.2 cm³/mol. The van der Waals surface area contributed by atoms with Crippen LogP contribution in [0.1, 0.15) is 15.9 Å². The quantitative estimate of drug-likeness (QED) is 0.820. The lowest BCUT2D eigenvalue weighted by Crippen LogP contribution is -2.10. The Labute approximate surface area is 88.4 Å². The fraction of sp³-hybridized carbons (Fsp3) is 0. The Kier molecular flexibility index (Phi) is 2.47. The highest BCUT2D eigenvalue weighted by atomic mass is 32.2. The number of hydrogen-bond acceptors (Lipinski definition) is 3. The van der Waals surface area contributed by atoms with Gasteiger partial charge in [0.1, 0.15) is 5.04 Å². The molecule has 0 saturated carbocycles. The first-order chi connectivity index (χ1) is 7.20. The van der Waals surface area contributed by atoms with Crippen molar-refractivity contribution in [3.63, 3.8) is 0 Å². The molecule has 0 spiro atoms. The molecule has 0 amide bonds. The highest BCUT2D eigenvalue weighted by Gasteiger charge is 2.19. The number of carbonyl (C=O) groups is 1. The van der Waals surface area contributed by atoms with Crippen molar-refractivity contribution in [1.82, 2.24) is 0 Å². The Morgan fingerprint density at radius 3 is 2.67 bits per heavy atom. The van der Waals surface area contributed by atoms with Gasteiger partial charge in [0.25, 0.3) is 0 Å². The number of hydrogen-bond donors (Lipinski definition) is 1. The monoisotopic (exact) mass is 221 g/mol. The van der Waals surface area contributed by atoms with Crippen molar-refractivity contribution in [2.75, 3.05) is 0 Å². The van der Waals surface area contributed by atoms with Gasteiger partial charge in [-0.15, -0.1) is 0 Å². The minimum absolute atomic E-state index is 0.119. The van der Waals surface area contributed by atoms with Gasteiger partial charge in [-0.2, -0.15) is 0 Å². The first-order valence-electron chi connectivity index (χ1n) is 4.18. The number of carboxylic acid groups (broad SMARTS) is 1. The Balaban J connectivity index is 2.54. The third-order valence-corrected chi connectivity index (χ3v) is 3.03. The molecule has 0 aromatic heterocycles. The van der Waals surface area contributed by atoms with Crippen molar-refractivity contribution in [3.05, 3.63) is 47.0 Å². The van der Waals surface area contributed by atoms with Crippen LogP contribution < -0.4 is 0 Å². The van der Waals surface area contributed by atoms with Gasteiger partial charge in [-0.05, 0) is 6.07 Å². The van der Waals surface area contributed by atoms with E-state index in [1.54, 1.807) is 18.2 Å². The van der Waals surface area contributed by atoms with E-state index in [-0.39, 0.29) is 5.56 Å². The van der Waals surface area contributed by atoms with E-state index >= 15 is 0 Å². The fourth-order valence-corrected chi connectivity index (χ4v) is 2.16. The average molecular weight is 221 g/mol. The summed E-state index contributed by atoms with van der Waals surface area (Å²) in [6, 6.07) is 6.39. The maximum atomic E-state index is 11.5. The number of nitrogens with zero attached hydrogens (tertiary/aromatic N) is 1. The lowest BCUT2D eigenvalue weighted by atomic mass is 10.1. The number of aromatic carboxylic acids is 1. The highest BCUT2D eigenvalue weighted by molar-refractivity contribution is 8.04. The van der Waals surface area contributed by atoms with Gasteiger partial charge in [0.2, 0.25) is 0 Å². The zero-order chi connectivity index (χ0) is 10.8. The summed E-state index contributed by atoms with van der Waals surface area (Å²) >= 11 is 0. The number of aliphatic imine (C=N–C) groups is 1. The van der Waals surface area contributed by atoms with E-state index < -0.39 is 16.8 Å². The summed E-state index contributed by atoms with van der Waals surface area (Å²) in [6.45, 7) is 0. The highest BCUT2D eigenvalue weighted by Crippen LogP contribution is 2.16. The van der Waals surface area contributed by atoms with Crippen molar-refractivity contribution < 1.29 is 14.1 Å². The Morgan fingerprint density at radius 2 is 2.07 bits per heavy atom. The summed E-state index contributed by atoms with van der Waals surface area (Å²) in [5.74, 6) is -1.04. The van der Waals surface area contributed by atoms with Gasteiger partial charge in [-0.1, -0.05) is 18.2 Å². The molecule has 0 radical (unpaired) electrons. The van der Waals surface area contributed by atoms with E-state index in [1.165, 1.54) is 17.7 Å². The molecule has 0 bridgehead atoms. The topological polar surface area (TPSA) is 66.7 Å². The molecule has 2 rings (SSSR count). The summed E-state index contributed by atoms with van der Waals surface area (Å²) < 4.78 is 11.5. The van der Waals surface area contributed by atoms with Gasteiger partial charge >= 0.3 is 5.97 Å². The van der Waals surface area contributed by atoms with Gasteiger partial charge < -0.3 is 5.11 Å². The second-order valence-corrected chi connectivity index (χ2v) is 4.12. The Hall–Kier alpha value is -1.75. The molecule has 76 valence electrons. The van der Waals surface area contributed by atoms with Crippen LogP contribution in [0, 0.1) is 0 Å². The van der Waals surface area contributed by atoms with Crippen LogP contribution in [-0.2, 0) is 10.8 Å². The molecule has 1 N–H and O–H groups in total. The maximum absolute atomic E-state index is 11.5. The molecule has 0 fully saturated rings. The first-order valence-corrected chi connectivity index (χ1v) is 5.39. The van der Waals surface area contributed by atoms with E-state index in [1.807, 2.05) is 0 Å². The van der Waals surface area contributed by atoms with Crippen molar-refractivity contribution in [1.29, 1.82) is 0 Å². The largest absolute Gasteiger partial charge is 0.478 e. The zero-order valence-electron chi connectivity index (χ0n) is 7.58. The summed E-state index contributed by atoms with van der Waals surface area (Å²) in [5.41, 5.74) is 0.529. The molecular weight excluding hydrogens is 214 g/mol. The van der Waals surface area contributed by atoms with E-state index in [2.05, 4.69) is 4.99 Å². The summed E-state index contributed by atoms with van der Waals surface area (Å²) in [7, 11) is -1.33. The lowest BCUT2D eigenvalue weighted by molar-refractivity contribution is 0.0697. The molecule has 5 heteroatoms. The normalized spacial score (nSPS) is 18.9. The van der Waals surface area contributed by atoms with Gasteiger partial charge in [0.05, 0.1) is 16.4 Å². The van der Waals surface area contributed by atoms with Crippen molar-refractivity contribution >= 4 is 21.8 Å². The van der Waals surface area contributed by atoms with Crippen molar-refractivity contribution in [3.8, 4) is 0 Å². The van der Waals surface area contributed by atoms with Gasteiger partial charge in [-0.3, -0.25) is 0 Å². The SMILES string of the molecule is O=C(O)c1ccccc1C1=NC=CS1=O. The fourth-order valence-electron chi connectivity index (χ4n) is 1.30. The molecular formula is C10H7NO3S. The van der Waals surface area contributed by atoms with Crippen LogP contribution in [0.15, 0.2) is 40.9 Å². The summed E-state index contributed by atoms with van der Waals surface area (Å²) in [6.07, 6.45) is 1.42. The third kappa shape index (κ3) is 1.73. The Bertz CT molecular complexity index is 505. The van der Waals surface area contributed by atoms with Gasteiger partial charge in [-0.25, -0.2) is 14.0 Å². The molecule has 15 heavy (non-hydrogen) atoms. The smallest absolute Gasteiger partial charge is 0.336 e. The maximum Gasteiger partial charge on any atom is 0.336 e. The van der Waals surface area contributed by atoms with Crippen LogP contribution in [0.25, 0.3) is 0 Å². The van der Waals surface area contributed by atoms with Crippen LogP contribution in [0.3, 0.4) is 0 Å². The van der Waals surface area contributed by atoms with Gasteiger partial charge in [0.15, 0.2) is 0 Å². The molecule has 1 aliphatic heterocycles. The van der Waals surface area contributed by atoms with Crippen molar-refractivity contribution in [2.45, 2.75) is 0 Å². The standard InChI is InChI=1S/C10H7NO3S/c12-10(13)8-4-2-1-3-7(8)9-11-5-6-15(9)14/h1-6H,(H,12,13). The molecule has 1 unspecified atom stereocenters.